The summed E-state index contributed by atoms with van der Waals surface area (Å²) < 4.78 is 1.40. The summed E-state index contributed by atoms with van der Waals surface area (Å²) in [6, 6.07) is 5.69. The zero-order valence-corrected chi connectivity index (χ0v) is 12.7. The van der Waals surface area contributed by atoms with Gasteiger partial charge in [-0.25, -0.2) is 9.89 Å². The summed E-state index contributed by atoms with van der Waals surface area (Å²) in [6.07, 6.45) is 0. The van der Waals surface area contributed by atoms with Crippen LogP contribution in [0.4, 0.5) is 0 Å². The number of thioether (sulfide) groups is 1. The molecule has 0 fully saturated rings. The Kier molecular flexibility index (Phi) is 4.13. The van der Waals surface area contributed by atoms with E-state index in [4.69, 9.17) is 0 Å². The van der Waals surface area contributed by atoms with E-state index in [1.165, 1.54) is 16.3 Å². The number of carbonyl (C=O) groups is 1. The minimum atomic E-state index is -0.300. The van der Waals surface area contributed by atoms with Crippen molar-refractivity contribution in [3.63, 3.8) is 0 Å². The molecule has 1 atom stereocenters. The molecule has 0 amide bonds. The number of nitrogens with zero attached hydrogens (tertiary/aromatic N) is 2. The summed E-state index contributed by atoms with van der Waals surface area (Å²) in [5, 5.41) is 6.48. The Morgan fingerprint density at radius 1 is 1.35 bits per heavy atom. The number of benzene rings is 1. The molecule has 106 valence electrons. The zero-order valence-electron chi connectivity index (χ0n) is 11.9. The molecule has 0 bridgehead atoms. The van der Waals surface area contributed by atoms with Crippen LogP contribution in [0.15, 0.2) is 28.2 Å². The molecular formula is C14H17N3O2S. The Morgan fingerprint density at radius 3 is 2.60 bits per heavy atom. The first-order valence-electron chi connectivity index (χ1n) is 6.29. The van der Waals surface area contributed by atoms with Crippen LogP contribution in [-0.4, -0.2) is 25.8 Å². The van der Waals surface area contributed by atoms with Crippen LogP contribution >= 0.6 is 11.8 Å². The van der Waals surface area contributed by atoms with Gasteiger partial charge in [-0.05, 0) is 38.0 Å². The van der Waals surface area contributed by atoms with Gasteiger partial charge in [-0.1, -0.05) is 23.9 Å². The molecule has 0 aliphatic heterocycles. The minimum Gasteiger partial charge on any atom is -0.293 e. The van der Waals surface area contributed by atoms with E-state index in [-0.39, 0.29) is 16.7 Å². The maximum absolute atomic E-state index is 12.4. The van der Waals surface area contributed by atoms with Crippen molar-refractivity contribution in [3.8, 4) is 0 Å². The van der Waals surface area contributed by atoms with Crippen LogP contribution in [0.1, 0.15) is 28.4 Å². The van der Waals surface area contributed by atoms with Crippen molar-refractivity contribution >= 4 is 17.5 Å². The predicted molar refractivity (Wildman–Crippen MR) is 79.4 cm³/mol. The molecule has 6 heteroatoms. The molecule has 1 heterocycles. The number of hydrogen-bond acceptors (Lipinski definition) is 4. The molecule has 2 rings (SSSR count). The molecule has 0 aliphatic carbocycles. The Hall–Kier alpha value is -1.82. The first kappa shape index (κ1) is 14.6. The van der Waals surface area contributed by atoms with Gasteiger partial charge in [0.1, 0.15) is 0 Å². The topological polar surface area (TPSA) is 67.8 Å². The second-order valence-electron chi connectivity index (χ2n) is 4.79. The highest BCUT2D eigenvalue weighted by molar-refractivity contribution is 8.00. The number of H-pyrrole nitrogens is 1. The van der Waals surface area contributed by atoms with Crippen LogP contribution in [0.5, 0.6) is 0 Å². The Labute approximate surface area is 121 Å². The molecule has 0 saturated carbocycles. The lowest BCUT2D eigenvalue weighted by Crippen LogP contribution is -2.17. The van der Waals surface area contributed by atoms with Gasteiger partial charge in [0.15, 0.2) is 10.9 Å². The lowest BCUT2D eigenvalue weighted by molar-refractivity contribution is 0.0993. The van der Waals surface area contributed by atoms with Gasteiger partial charge in [0, 0.05) is 12.6 Å². The fraction of sp³-hybridized carbons (Fsp3) is 0.357. The highest BCUT2D eigenvalue weighted by Gasteiger charge is 2.19. The van der Waals surface area contributed by atoms with E-state index in [0.29, 0.717) is 10.7 Å². The second kappa shape index (κ2) is 5.66. The number of carbonyl (C=O) groups excluding carboxylic acids is 1. The van der Waals surface area contributed by atoms with Gasteiger partial charge in [-0.2, -0.15) is 0 Å². The average molecular weight is 291 g/mol. The summed E-state index contributed by atoms with van der Waals surface area (Å²) in [5.74, 6) is 0.0357. The number of nitrogens with one attached hydrogen (secondary N) is 1. The van der Waals surface area contributed by atoms with Crippen molar-refractivity contribution < 1.29 is 4.79 Å². The van der Waals surface area contributed by atoms with Gasteiger partial charge in [0.2, 0.25) is 0 Å². The lowest BCUT2D eigenvalue weighted by atomic mass is 10.0. The van der Waals surface area contributed by atoms with Gasteiger partial charge >= 0.3 is 5.69 Å². The molecule has 1 aromatic heterocycles. The number of Topliss-reactive ketones (excluding diaryl/α,β-unsaturated/α-hetero) is 1. The number of aryl methyl sites for hydroxylation is 2. The first-order chi connectivity index (χ1) is 9.40. The molecule has 5 nitrogen and oxygen atoms in total. The fourth-order valence-electron chi connectivity index (χ4n) is 1.78. The third-order valence-corrected chi connectivity index (χ3v) is 4.43. The standard InChI is InChI=1S/C14H17N3O2S/c1-8-5-6-11(7-9(8)2)12(18)10(3)20-14-16-15-13(19)17(14)4/h5-7,10H,1-4H3,(H,15,19). The van der Waals surface area contributed by atoms with E-state index in [0.717, 1.165) is 11.1 Å². The Morgan fingerprint density at radius 2 is 2.05 bits per heavy atom. The smallest absolute Gasteiger partial charge is 0.293 e. The minimum absolute atomic E-state index is 0.0357. The quantitative estimate of drug-likeness (QED) is 0.692. The summed E-state index contributed by atoms with van der Waals surface area (Å²) in [4.78, 5) is 23.7. The number of hydrogen-bond donors (Lipinski definition) is 1. The van der Waals surface area contributed by atoms with Crippen LogP contribution in [0, 0.1) is 13.8 Å². The number of rotatable bonds is 4. The van der Waals surface area contributed by atoms with E-state index in [1.807, 2.05) is 39.0 Å². The number of aromatic amines is 1. The molecule has 1 aromatic carbocycles. The van der Waals surface area contributed by atoms with Gasteiger partial charge in [0.25, 0.3) is 0 Å². The van der Waals surface area contributed by atoms with Crippen LogP contribution in [0.3, 0.4) is 0 Å². The normalized spacial score (nSPS) is 12.4. The third kappa shape index (κ3) is 2.85. The third-order valence-electron chi connectivity index (χ3n) is 3.28. The van der Waals surface area contributed by atoms with Crippen molar-refractivity contribution in [2.75, 3.05) is 0 Å². The first-order valence-corrected chi connectivity index (χ1v) is 7.17. The number of aromatic nitrogens is 3. The fourth-order valence-corrected chi connectivity index (χ4v) is 2.68. The van der Waals surface area contributed by atoms with Gasteiger partial charge < -0.3 is 0 Å². The van der Waals surface area contributed by atoms with Gasteiger partial charge in [-0.3, -0.25) is 9.36 Å². The highest BCUT2D eigenvalue weighted by atomic mass is 32.2. The van der Waals surface area contributed by atoms with E-state index in [1.54, 1.807) is 7.05 Å². The molecule has 0 saturated heterocycles. The van der Waals surface area contributed by atoms with Crippen LogP contribution in [0.2, 0.25) is 0 Å². The summed E-state index contributed by atoms with van der Waals surface area (Å²) >= 11 is 1.28. The van der Waals surface area contributed by atoms with Crippen LogP contribution < -0.4 is 5.69 Å². The SMILES string of the molecule is Cc1ccc(C(=O)C(C)Sc2n[nH]c(=O)n2C)cc1C. The molecule has 20 heavy (non-hydrogen) atoms. The molecule has 2 aromatic rings. The van der Waals surface area contributed by atoms with Crippen molar-refractivity contribution in [3.05, 3.63) is 45.4 Å². The van der Waals surface area contributed by atoms with Crippen molar-refractivity contribution in [1.82, 2.24) is 14.8 Å². The lowest BCUT2D eigenvalue weighted by Gasteiger charge is -2.10. The molecule has 1 unspecified atom stereocenters. The van der Waals surface area contributed by atoms with Gasteiger partial charge in [0.05, 0.1) is 5.25 Å². The maximum atomic E-state index is 12.4. The zero-order chi connectivity index (χ0) is 14.9. The Balaban J connectivity index is 2.18. The molecule has 0 radical (unpaired) electrons. The van der Waals surface area contributed by atoms with Crippen molar-refractivity contribution in [2.45, 2.75) is 31.2 Å². The largest absolute Gasteiger partial charge is 0.343 e. The monoisotopic (exact) mass is 291 g/mol. The summed E-state index contributed by atoms with van der Waals surface area (Å²) in [5.41, 5.74) is 2.67. The second-order valence-corrected chi connectivity index (χ2v) is 6.10. The van der Waals surface area contributed by atoms with E-state index in [2.05, 4.69) is 10.2 Å². The van der Waals surface area contributed by atoms with Gasteiger partial charge in [-0.15, -0.1) is 5.10 Å². The average Bonchev–Trinajstić information content (AvgIpc) is 2.73. The molecule has 0 spiro atoms. The van der Waals surface area contributed by atoms with Crippen LogP contribution in [-0.2, 0) is 7.05 Å². The highest BCUT2D eigenvalue weighted by Crippen LogP contribution is 2.23. The molecule has 1 N–H and O–H groups in total. The Bertz CT molecular complexity index is 703. The summed E-state index contributed by atoms with van der Waals surface area (Å²) in [6.45, 7) is 5.82. The predicted octanol–water partition coefficient (Wildman–Crippen LogP) is 2.09. The van der Waals surface area contributed by atoms with E-state index in [9.17, 15) is 9.59 Å². The molecular weight excluding hydrogens is 274 g/mol. The van der Waals surface area contributed by atoms with E-state index < -0.39 is 0 Å². The van der Waals surface area contributed by atoms with E-state index >= 15 is 0 Å². The van der Waals surface area contributed by atoms with Crippen molar-refractivity contribution in [1.29, 1.82) is 0 Å². The maximum Gasteiger partial charge on any atom is 0.343 e. The van der Waals surface area contributed by atoms with Crippen molar-refractivity contribution in [2.24, 2.45) is 7.05 Å². The number of ketones is 1. The summed E-state index contributed by atoms with van der Waals surface area (Å²) in [7, 11) is 1.63. The molecule has 0 aliphatic rings. The van der Waals surface area contributed by atoms with Crippen LogP contribution in [0.25, 0.3) is 0 Å².